The van der Waals surface area contributed by atoms with Crippen molar-refractivity contribution in [2.24, 2.45) is 0 Å². The first-order chi connectivity index (χ1) is 6.87. The topological polar surface area (TPSA) is 77.8 Å². The van der Waals surface area contributed by atoms with Gasteiger partial charge in [0.05, 0.1) is 30.3 Å². The van der Waals surface area contributed by atoms with Crippen molar-refractivity contribution < 1.29 is 70.0 Å². The minimum atomic E-state index is -3.22. The number of thiocarbonyl (C=S) groups is 1. The predicted octanol–water partition coefficient (Wildman–Crippen LogP) is -4.73. The van der Waals surface area contributed by atoms with Crippen LogP contribution in [0.15, 0.2) is 0 Å². The van der Waals surface area contributed by atoms with Gasteiger partial charge in [0.1, 0.15) is 0 Å². The largest absolute Gasteiger partial charge is 1.00 e. The minimum Gasteiger partial charge on any atom is -0.411 e. The standard InChI is InChI=1S/C7H13NO4S3.K/c9-2-1-8(7(13)14)5-3-15(11,12)4-6(5)10;/h5-6,9-10H,1-4H2,(H,13,14);/q;+1/p-1. The predicted molar refractivity (Wildman–Crippen MR) is 62.2 cm³/mol. The summed E-state index contributed by atoms with van der Waals surface area (Å²) in [6, 6.07) is -0.618. The summed E-state index contributed by atoms with van der Waals surface area (Å²) in [5.74, 6) is -0.428. The Bertz CT molecular complexity index is 348. The molecule has 16 heavy (non-hydrogen) atoms. The van der Waals surface area contributed by atoms with Gasteiger partial charge in [-0.15, -0.1) is 0 Å². The van der Waals surface area contributed by atoms with E-state index in [4.69, 9.17) is 30.0 Å². The molecule has 0 aromatic heterocycles. The summed E-state index contributed by atoms with van der Waals surface area (Å²) < 4.78 is 22.6. The number of aliphatic hydroxyl groups excluding tert-OH is 2. The molecule has 0 aromatic rings. The van der Waals surface area contributed by atoms with E-state index < -0.39 is 22.0 Å². The Morgan fingerprint density at radius 3 is 2.38 bits per heavy atom. The molecule has 1 saturated heterocycles. The van der Waals surface area contributed by atoms with Gasteiger partial charge in [-0.05, 0) is 0 Å². The molecule has 2 unspecified atom stereocenters. The molecular formula is C7H12KNO4S3. The Morgan fingerprint density at radius 1 is 1.50 bits per heavy atom. The van der Waals surface area contributed by atoms with E-state index in [9.17, 15) is 13.5 Å². The maximum atomic E-state index is 11.3. The molecule has 88 valence electrons. The first-order valence-electron chi connectivity index (χ1n) is 4.34. The summed E-state index contributed by atoms with van der Waals surface area (Å²) >= 11 is 9.54. The zero-order valence-corrected chi connectivity index (χ0v) is 14.4. The van der Waals surface area contributed by atoms with E-state index in [1.807, 2.05) is 0 Å². The van der Waals surface area contributed by atoms with Crippen molar-refractivity contribution in [1.82, 2.24) is 4.90 Å². The van der Waals surface area contributed by atoms with Crippen molar-refractivity contribution >= 4 is 39.0 Å². The number of hydrogen-bond acceptors (Lipinski definition) is 6. The quantitative estimate of drug-likeness (QED) is 0.308. The van der Waals surface area contributed by atoms with Gasteiger partial charge >= 0.3 is 51.4 Å². The zero-order chi connectivity index (χ0) is 11.6. The van der Waals surface area contributed by atoms with Crippen LogP contribution in [-0.4, -0.2) is 64.7 Å². The van der Waals surface area contributed by atoms with Crippen LogP contribution < -0.4 is 51.4 Å². The fraction of sp³-hybridized carbons (Fsp3) is 0.857. The van der Waals surface area contributed by atoms with Crippen LogP contribution >= 0.6 is 12.2 Å². The van der Waals surface area contributed by atoms with E-state index in [-0.39, 0.29) is 80.4 Å². The van der Waals surface area contributed by atoms with Gasteiger partial charge in [0.2, 0.25) is 0 Å². The summed E-state index contributed by atoms with van der Waals surface area (Å²) in [4.78, 5) is 1.39. The van der Waals surface area contributed by atoms with E-state index in [2.05, 4.69) is 0 Å². The molecule has 0 bridgehead atoms. The van der Waals surface area contributed by atoms with Crippen LogP contribution in [0.4, 0.5) is 0 Å². The van der Waals surface area contributed by atoms with E-state index >= 15 is 0 Å². The molecule has 1 rings (SSSR count). The Kier molecular flexibility index (Phi) is 8.00. The SMILES string of the molecule is O=S1(=O)CC(O)C(N(CCO)C(=S)[S-])C1.[K+]. The van der Waals surface area contributed by atoms with Crippen LogP contribution in [0.25, 0.3) is 0 Å². The summed E-state index contributed by atoms with van der Waals surface area (Å²) in [7, 11) is -3.22. The molecule has 2 atom stereocenters. The summed E-state index contributed by atoms with van der Waals surface area (Å²) in [5, 5.41) is 18.3. The van der Waals surface area contributed by atoms with E-state index in [0.29, 0.717) is 0 Å². The molecule has 9 heteroatoms. The summed E-state index contributed by atoms with van der Waals surface area (Å²) in [6.45, 7) is -0.0281. The van der Waals surface area contributed by atoms with E-state index in [1.165, 1.54) is 4.90 Å². The first kappa shape index (κ1) is 17.6. The Hall–Kier alpha value is 1.62. The van der Waals surface area contributed by atoms with Crippen LogP contribution in [-0.2, 0) is 22.5 Å². The molecule has 0 aliphatic carbocycles. The van der Waals surface area contributed by atoms with Crippen LogP contribution in [0.1, 0.15) is 0 Å². The van der Waals surface area contributed by atoms with Crippen molar-refractivity contribution in [2.75, 3.05) is 24.7 Å². The molecule has 0 radical (unpaired) electrons. The van der Waals surface area contributed by atoms with Gasteiger partial charge in [0, 0.05) is 6.54 Å². The van der Waals surface area contributed by atoms with Crippen molar-refractivity contribution in [2.45, 2.75) is 12.1 Å². The van der Waals surface area contributed by atoms with Gasteiger partial charge in [0.15, 0.2) is 9.84 Å². The van der Waals surface area contributed by atoms with Crippen LogP contribution in [0.5, 0.6) is 0 Å². The molecular weight excluding hydrogens is 297 g/mol. The van der Waals surface area contributed by atoms with Crippen molar-refractivity contribution in [3.05, 3.63) is 0 Å². The third kappa shape index (κ3) is 4.71. The van der Waals surface area contributed by atoms with E-state index in [0.717, 1.165) is 0 Å². The second-order valence-corrected chi connectivity index (χ2v) is 6.58. The molecule has 0 saturated carbocycles. The molecule has 1 fully saturated rings. The van der Waals surface area contributed by atoms with Crippen LogP contribution in [0.3, 0.4) is 0 Å². The second-order valence-electron chi connectivity index (χ2n) is 3.39. The van der Waals surface area contributed by atoms with Gasteiger partial charge in [-0.1, -0.05) is 4.32 Å². The number of rotatable bonds is 3. The fourth-order valence-electron chi connectivity index (χ4n) is 1.61. The number of hydrogen-bond donors (Lipinski definition) is 2. The number of sulfone groups is 1. The van der Waals surface area contributed by atoms with Gasteiger partial charge in [-0.25, -0.2) is 8.42 Å². The minimum absolute atomic E-state index is 0. The molecule has 2 N–H and O–H groups in total. The summed E-state index contributed by atoms with van der Waals surface area (Å²) in [6.07, 6.45) is -0.984. The van der Waals surface area contributed by atoms with E-state index in [1.54, 1.807) is 0 Å². The van der Waals surface area contributed by atoms with Crippen molar-refractivity contribution in [1.29, 1.82) is 0 Å². The normalized spacial score (nSPS) is 27.1. The second kappa shape index (κ2) is 7.27. The van der Waals surface area contributed by atoms with Crippen LogP contribution in [0, 0.1) is 0 Å². The maximum absolute atomic E-state index is 11.3. The van der Waals surface area contributed by atoms with Crippen LogP contribution in [0.2, 0.25) is 0 Å². The number of nitrogens with zero attached hydrogens (tertiary/aromatic N) is 1. The first-order valence-corrected chi connectivity index (χ1v) is 6.98. The van der Waals surface area contributed by atoms with Gasteiger partial charge in [-0.2, -0.15) is 0 Å². The monoisotopic (exact) mass is 309 g/mol. The molecule has 1 aliphatic rings. The molecule has 0 spiro atoms. The Labute approximate surface area is 148 Å². The third-order valence-corrected chi connectivity index (χ3v) is 4.44. The molecule has 0 amide bonds. The van der Waals surface area contributed by atoms with Crippen molar-refractivity contribution in [3.63, 3.8) is 0 Å². The average molecular weight is 309 g/mol. The molecule has 5 nitrogen and oxygen atoms in total. The average Bonchev–Trinajstić information content (AvgIpc) is 2.35. The molecule has 1 aliphatic heterocycles. The Balaban J connectivity index is 0.00000225. The molecule has 1 heterocycles. The maximum Gasteiger partial charge on any atom is 1.00 e. The van der Waals surface area contributed by atoms with Gasteiger partial charge < -0.3 is 40.0 Å². The Morgan fingerprint density at radius 2 is 2.06 bits per heavy atom. The summed E-state index contributed by atoms with van der Waals surface area (Å²) in [5.41, 5.74) is 0. The smallest absolute Gasteiger partial charge is 0.411 e. The fourth-order valence-corrected chi connectivity index (χ4v) is 3.86. The molecule has 0 aromatic carbocycles. The zero-order valence-electron chi connectivity index (χ0n) is 8.87. The third-order valence-electron chi connectivity index (χ3n) is 2.27. The van der Waals surface area contributed by atoms with Gasteiger partial charge in [0.25, 0.3) is 0 Å². The van der Waals surface area contributed by atoms with Crippen molar-refractivity contribution in [3.8, 4) is 0 Å². The van der Waals surface area contributed by atoms with Gasteiger partial charge in [-0.3, -0.25) is 0 Å². The number of aliphatic hydroxyl groups is 2.